The standard InChI is InChI=1S/C13H9Cl2NO4S/c1-20-11(17)6-16-12(18)10(21-13(16)19)5-7-8(14)3-2-4-9(7)15/h2-5H,6H2,1H3/b10-5+. The molecule has 2 amide bonds. The SMILES string of the molecule is COC(=O)CN1C(=O)S/C(=C/c2c(Cl)cccc2Cl)C1=O. The smallest absolute Gasteiger partial charge is 0.325 e. The Labute approximate surface area is 134 Å². The van der Waals surface area contributed by atoms with E-state index >= 15 is 0 Å². The molecular weight excluding hydrogens is 337 g/mol. The van der Waals surface area contributed by atoms with Crippen molar-refractivity contribution in [3.63, 3.8) is 0 Å². The summed E-state index contributed by atoms with van der Waals surface area (Å²) in [5.41, 5.74) is 0.449. The van der Waals surface area contributed by atoms with E-state index in [-0.39, 0.29) is 4.91 Å². The number of rotatable bonds is 3. The van der Waals surface area contributed by atoms with Gasteiger partial charge in [-0.25, -0.2) is 0 Å². The van der Waals surface area contributed by atoms with Crippen LogP contribution in [-0.4, -0.2) is 35.7 Å². The second kappa shape index (κ2) is 6.51. The number of carbonyl (C=O) groups excluding carboxylic acids is 3. The van der Waals surface area contributed by atoms with Crippen LogP contribution in [0.2, 0.25) is 10.0 Å². The van der Waals surface area contributed by atoms with Gasteiger partial charge in [0.05, 0.1) is 12.0 Å². The van der Waals surface area contributed by atoms with Crippen LogP contribution < -0.4 is 0 Å². The van der Waals surface area contributed by atoms with Crippen molar-refractivity contribution in [3.05, 3.63) is 38.7 Å². The maximum absolute atomic E-state index is 12.1. The summed E-state index contributed by atoms with van der Waals surface area (Å²) in [6.45, 7) is -0.422. The molecule has 0 aromatic heterocycles. The van der Waals surface area contributed by atoms with Crippen LogP contribution in [0, 0.1) is 0 Å². The number of methoxy groups -OCH3 is 1. The highest BCUT2D eigenvalue weighted by Gasteiger charge is 2.36. The van der Waals surface area contributed by atoms with Gasteiger partial charge in [0.2, 0.25) is 0 Å². The van der Waals surface area contributed by atoms with Crippen molar-refractivity contribution in [2.45, 2.75) is 0 Å². The molecular formula is C13H9Cl2NO4S. The van der Waals surface area contributed by atoms with Crippen molar-refractivity contribution >= 4 is 58.2 Å². The van der Waals surface area contributed by atoms with Crippen LogP contribution in [0.1, 0.15) is 5.56 Å². The van der Waals surface area contributed by atoms with E-state index in [1.807, 2.05) is 0 Å². The number of carbonyl (C=O) groups is 3. The minimum Gasteiger partial charge on any atom is -0.468 e. The molecule has 0 bridgehead atoms. The number of imide groups is 1. The summed E-state index contributed by atoms with van der Waals surface area (Å²) in [5, 5.41) is 0.185. The third kappa shape index (κ3) is 3.40. The van der Waals surface area contributed by atoms with Gasteiger partial charge < -0.3 is 4.74 Å². The first-order valence-corrected chi connectivity index (χ1v) is 7.27. The summed E-state index contributed by atoms with van der Waals surface area (Å²) < 4.78 is 4.44. The number of thioether (sulfide) groups is 1. The van der Waals surface area contributed by atoms with E-state index in [9.17, 15) is 14.4 Å². The molecule has 0 atom stereocenters. The Balaban J connectivity index is 2.30. The highest BCUT2D eigenvalue weighted by Crippen LogP contribution is 2.35. The number of ether oxygens (including phenoxy) is 1. The average molecular weight is 346 g/mol. The lowest BCUT2D eigenvalue weighted by atomic mass is 10.2. The monoisotopic (exact) mass is 345 g/mol. The minimum absolute atomic E-state index is 0.152. The predicted molar refractivity (Wildman–Crippen MR) is 81.2 cm³/mol. The van der Waals surface area contributed by atoms with Crippen molar-refractivity contribution in [2.75, 3.05) is 13.7 Å². The molecule has 1 aromatic carbocycles. The third-order valence-electron chi connectivity index (χ3n) is 2.66. The summed E-state index contributed by atoms with van der Waals surface area (Å²) in [4.78, 5) is 36.0. The Morgan fingerprint density at radius 3 is 2.52 bits per heavy atom. The van der Waals surface area contributed by atoms with Gasteiger partial charge in [0.15, 0.2) is 0 Å². The molecule has 0 unspecified atom stereocenters. The number of halogens is 2. The van der Waals surface area contributed by atoms with Gasteiger partial charge in [-0.05, 0) is 30.0 Å². The van der Waals surface area contributed by atoms with E-state index in [2.05, 4.69) is 4.74 Å². The molecule has 2 rings (SSSR count). The van der Waals surface area contributed by atoms with E-state index in [4.69, 9.17) is 23.2 Å². The molecule has 5 nitrogen and oxygen atoms in total. The first kappa shape index (κ1) is 15.9. The van der Waals surface area contributed by atoms with Crippen molar-refractivity contribution in [3.8, 4) is 0 Å². The molecule has 0 saturated carbocycles. The molecule has 1 aliphatic rings. The third-order valence-corrected chi connectivity index (χ3v) is 4.23. The van der Waals surface area contributed by atoms with Crippen LogP contribution in [-0.2, 0) is 14.3 Å². The first-order valence-electron chi connectivity index (χ1n) is 5.70. The number of esters is 1. The fourth-order valence-corrected chi connectivity index (χ4v) is 2.94. The van der Waals surface area contributed by atoms with Crippen LogP contribution in [0.25, 0.3) is 6.08 Å². The van der Waals surface area contributed by atoms with Crippen LogP contribution >= 0.6 is 35.0 Å². The predicted octanol–water partition coefficient (Wildman–Crippen LogP) is 3.20. The van der Waals surface area contributed by atoms with E-state index in [1.165, 1.54) is 13.2 Å². The molecule has 0 spiro atoms. The van der Waals surface area contributed by atoms with Crippen molar-refractivity contribution in [2.24, 2.45) is 0 Å². The summed E-state index contributed by atoms with van der Waals surface area (Å²) in [5.74, 6) is -1.25. The van der Waals surface area contributed by atoms with E-state index in [1.54, 1.807) is 18.2 Å². The Morgan fingerprint density at radius 1 is 1.33 bits per heavy atom. The van der Waals surface area contributed by atoms with Gasteiger partial charge in [-0.1, -0.05) is 29.3 Å². The Hall–Kier alpha value is -1.50. The van der Waals surface area contributed by atoms with Crippen molar-refractivity contribution in [1.29, 1.82) is 0 Å². The van der Waals surface area contributed by atoms with E-state index in [0.717, 1.165) is 16.7 Å². The molecule has 110 valence electrons. The minimum atomic E-state index is -0.672. The second-order valence-electron chi connectivity index (χ2n) is 3.98. The Kier molecular flexibility index (Phi) is 4.92. The van der Waals surface area contributed by atoms with Gasteiger partial charge in [-0.2, -0.15) is 0 Å². The topological polar surface area (TPSA) is 63.7 Å². The summed E-state index contributed by atoms with van der Waals surface area (Å²) in [6, 6.07) is 4.92. The molecule has 1 heterocycles. The van der Waals surface area contributed by atoms with E-state index < -0.39 is 23.7 Å². The Bertz CT molecular complexity index is 639. The fraction of sp³-hybridized carbons (Fsp3) is 0.154. The molecule has 0 radical (unpaired) electrons. The zero-order valence-electron chi connectivity index (χ0n) is 10.8. The fourth-order valence-electron chi connectivity index (χ4n) is 1.61. The van der Waals surface area contributed by atoms with Gasteiger partial charge in [0.1, 0.15) is 6.54 Å². The maximum Gasteiger partial charge on any atom is 0.325 e. The highest BCUT2D eigenvalue weighted by molar-refractivity contribution is 8.18. The number of nitrogens with zero attached hydrogens (tertiary/aromatic N) is 1. The largest absolute Gasteiger partial charge is 0.468 e. The number of hydrogen-bond donors (Lipinski definition) is 0. The maximum atomic E-state index is 12.1. The molecule has 1 aliphatic heterocycles. The summed E-state index contributed by atoms with van der Waals surface area (Å²) in [6.07, 6.45) is 1.44. The normalized spacial score (nSPS) is 16.7. The highest BCUT2D eigenvalue weighted by atomic mass is 35.5. The van der Waals surface area contributed by atoms with Crippen LogP contribution in [0.4, 0.5) is 4.79 Å². The quantitative estimate of drug-likeness (QED) is 0.621. The molecule has 1 fully saturated rings. The first-order chi connectivity index (χ1) is 9.93. The summed E-state index contributed by atoms with van der Waals surface area (Å²) in [7, 11) is 1.18. The Morgan fingerprint density at radius 2 is 1.95 bits per heavy atom. The molecule has 1 saturated heterocycles. The lowest BCUT2D eigenvalue weighted by Crippen LogP contribution is -2.34. The van der Waals surface area contributed by atoms with Crippen LogP contribution in [0.15, 0.2) is 23.1 Å². The average Bonchev–Trinajstić information content (AvgIpc) is 2.70. The van der Waals surface area contributed by atoms with Crippen LogP contribution in [0.5, 0.6) is 0 Å². The molecule has 1 aromatic rings. The van der Waals surface area contributed by atoms with Crippen molar-refractivity contribution in [1.82, 2.24) is 4.90 Å². The van der Waals surface area contributed by atoms with Gasteiger partial charge in [-0.3, -0.25) is 19.3 Å². The van der Waals surface area contributed by atoms with Crippen LogP contribution in [0.3, 0.4) is 0 Å². The van der Waals surface area contributed by atoms with E-state index in [0.29, 0.717) is 15.6 Å². The number of benzene rings is 1. The summed E-state index contributed by atoms with van der Waals surface area (Å²) >= 11 is 12.7. The van der Waals surface area contributed by atoms with Gasteiger partial charge in [-0.15, -0.1) is 0 Å². The zero-order valence-corrected chi connectivity index (χ0v) is 13.1. The molecule has 8 heteroatoms. The lowest BCUT2D eigenvalue weighted by Gasteiger charge is -2.09. The lowest BCUT2D eigenvalue weighted by molar-refractivity contribution is -0.143. The molecule has 0 aliphatic carbocycles. The number of amides is 2. The van der Waals surface area contributed by atoms with Crippen molar-refractivity contribution < 1.29 is 19.1 Å². The molecule has 0 N–H and O–H groups in total. The van der Waals surface area contributed by atoms with Gasteiger partial charge in [0.25, 0.3) is 11.1 Å². The second-order valence-corrected chi connectivity index (χ2v) is 5.79. The zero-order chi connectivity index (χ0) is 15.6. The molecule has 21 heavy (non-hydrogen) atoms. The van der Waals surface area contributed by atoms with Gasteiger partial charge >= 0.3 is 5.97 Å². The van der Waals surface area contributed by atoms with Gasteiger partial charge in [0, 0.05) is 15.6 Å². The number of hydrogen-bond acceptors (Lipinski definition) is 5.